The molecule has 0 amide bonds. The molecule has 1 atom stereocenters. The van der Waals surface area contributed by atoms with E-state index in [-0.39, 0.29) is 11.7 Å². The molecule has 4 nitrogen and oxygen atoms in total. The van der Waals surface area contributed by atoms with Gasteiger partial charge in [-0.2, -0.15) is 0 Å². The summed E-state index contributed by atoms with van der Waals surface area (Å²) in [5.74, 6) is 0.0731. The number of aromatic nitrogens is 1. The standard InChI is InChI=1S/C30H31NO3S/c1-30(2,18-28(32)33)35-29-24-9-5-3-8-22(24)19-34-27-16-12-20(17-25(27)29)11-14-23-15-13-21-7-4-6-10-26(21)31-23/h3,5,8-9,11-17,29H,4,6-7,10,18-19H2,1-2H3,(H,32,33)/b14-11+. The van der Waals surface area contributed by atoms with Crippen molar-refractivity contribution in [2.75, 3.05) is 0 Å². The van der Waals surface area contributed by atoms with Crippen molar-refractivity contribution in [1.29, 1.82) is 0 Å². The molecule has 1 aliphatic carbocycles. The first kappa shape index (κ1) is 23.7. The van der Waals surface area contributed by atoms with E-state index in [1.807, 2.05) is 32.0 Å². The molecule has 2 heterocycles. The SMILES string of the molecule is CC(C)(CC(=O)O)SC1c2ccccc2COc2ccc(/C=C/c3ccc4c(n3)CCCC4)cc21. The molecule has 0 saturated carbocycles. The van der Waals surface area contributed by atoms with Crippen molar-refractivity contribution in [3.05, 3.63) is 93.8 Å². The Morgan fingerprint density at radius 2 is 1.89 bits per heavy atom. The minimum absolute atomic E-state index is 0.0201. The van der Waals surface area contributed by atoms with E-state index in [2.05, 4.69) is 48.6 Å². The third-order valence-electron chi connectivity index (χ3n) is 6.70. The van der Waals surface area contributed by atoms with E-state index in [9.17, 15) is 9.90 Å². The maximum Gasteiger partial charge on any atom is 0.304 e. The minimum Gasteiger partial charge on any atom is -0.489 e. The van der Waals surface area contributed by atoms with Gasteiger partial charge in [-0.1, -0.05) is 56.3 Å². The fourth-order valence-electron chi connectivity index (χ4n) is 4.98. The maximum absolute atomic E-state index is 11.5. The number of aliphatic carboxylic acids is 1. The van der Waals surface area contributed by atoms with Crippen LogP contribution in [0.4, 0.5) is 0 Å². The highest BCUT2D eigenvalue weighted by molar-refractivity contribution is 8.01. The summed E-state index contributed by atoms with van der Waals surface area (Å²) in [6.07, 6.45) is 8.96. The number of fused-ring (bicyclic) bond motifs is 3. The number of rotatable bonds is 6. The summed E-state index contributed by atoms with van der Waals surface area (Å²) in [5.41, 5.74) is 8.10. The molecule has 0 fully saturated rings. The Balaban J connectivity index is 1.49. The Morgan fingerprint density at radius 3 is 2.74 bits per heavy atom. The van der Waals surface area contributed by atoms with Crippen molar-refractivity contribution < 1.29 is 14.6 Å². The zero-order valence-electron chi connectivity index (χ0n) is 20.3. The molecule has 1 aliphatic heterocycles. The first-order valence-corrected chi connectivity index (χ1v) is 13.2. The predicted octanol–water partition coefficient (Wildman–Crippen LogP) is 7.10. The number of nitrogens with zero attached hydrogens (tertiary/aromatic N) is 1. The van der Waals surface area contributed by atoms with Crippen molar-refractivity contribution in [3.8, 4) is 5.75 Å². The maximum atomic E-state index is 11.5. The number of hydrogen-bond donors (Lipinski definition) is 1. The predicted molar refractivity (Wildman–Crippen MR) is 143 cm³/mol. The normalized spacial score (nSPS) is 17.1. The number of carboxylic acids is 1. The van der Waals surface area contributed by atoms with Crippen LogP contribution in [0.25, 0.3) is 12.2 Å². The van der Waals surface area contributed by atoms with Crippen LogP contribution >= 0.6 is 11.8 Å². The molecule has 5 rings (SSSR count). The van der Waals surface area contributed by atoms with E-state index in [0.29, 0.717) is 6.61 Å². The quantitative estimate of drug-likeness (QED) is 0.403. The first-order valence-electron chi connectivity index (χ1n) is 12.3. The lowest BCUT2D eigenvalue weighted by molar-refractivity contribution is -0.137. The molecule has 1 N–H and O–H groups in total. The average Bonchev–Trinajstić information content (AvgIpc) is 2.98. The molecule has 2 aromatic carbocycles. The Hall–Kier alpha value is -3.05. The molecule has 35 heavy (non-hydrogen) atoms. The van der Waals surface area contributed by atoms with Gasteiger partial charge in [0.2, 0.25) is 0 Å². The first-order chi connectivity index (χ1) is 16.9. The summed E-state index contributed by atoms with van der Waals surface area (Å²) in [4.78, 5) is 16.4. The number of carboxylic acid groups (broad SMARTS) is 1. The number of pyridine rings is 1. The third-order valence-corrected chi connectivity index (χ3v) is 8.22. The lowest BCUT2D eigenvalue weighted by Crippen LogP contribution is -2.22. The van der Waals surface area contributed by atoms with Crippen LogP contribution in [0.1, 0.15) is 77.6 Å². The van der Waals surface area contributed by atoms with Crippen LogP contribution in [0, 0.1) is 0 Å². The van der Waals surface area contributed by atoms with Gasteiger partial charge in [0, 0.05) is 16.0 Å². The summed E-state index contributed by atoms with van der Waals surface area (Å²) in [6, 6.07) is 18.9. The van der Waals surface area contributed by atoms with Gasteiger partial charge in [-0.05, 0) is 72.2 Å². The van der Waals surface area contributed by atoms with Crippen LogP contribution in [-0.4, -0.2) is 20.8 Å². The monoisotopic (exact) mass is 485 g/mol. The topological polar surface area (TPSA) is 59.4 Å². The molecule has 0 radical (unpaired) electrons. The van der Waals surface area contributed by atoms with E-state index in [1.54, 1.807) is 11.8 Å². The Bertz CT molecular complexity index is 1280. The molecule has 0 saturated heterocycles. The van der Waals surface area contributed by atoms with Crippen LogP contribution in [0.5, 0.6) is 5.75 Å². The number of aryl methyl sites for hydroxylation is 2. The lowest BCUT2D eigenvalue weighted by Gasteiger charge is -2.29. The van der Waals surface area contributed by atoms with Gasteiger partial charge in [0.1, 0.15) is 12.4 Å². The van der Waals surface area contributed by atoms with Crippen molar-refractivity contribution in [3.63, 3.8) is 0 Å². The van der Waals surface area contributed by atoms with Gasteiger partial charge in [0.15, 0.2) is 0 Å². The van der Waals surface area contributed by atoms with Gasteiger partial charge in [-0.15, -0.1) is 11.8 Å². The summed E-state index contributed by atoms with van der Waals surface area (Å²) in [7, 11) is 0. The van der Waals surface area contributed by atoms with Crippen molar-refractivity contribution in [2.45, 2.75) is 62.6 Å². The van der Waals surface area contributed by atoms with Gasteiger partial charge < -0.3 is 9.84 Å². The lowest BCUT2D eigenvalue weighted by atomic mass is 9.96. The molecule has 5 heteroatoms. The molecule has 3 aromatic rings. The van der Waals surface area contributed by atoms with Crippen LogP contribution in [0.3, 0.4) is 0 Å². The number of hydrogen-bond acceptors (Lipinski definition) is 4. The van der Waals surface area contributed by atoms with E-state index in [1.165, 1.54) is 29.7 Å². The zero-order valence-corrected chi connectivity index (χ0v) is 21.1. The second-order valence-corrected chi connectivity index (χ2v) is 11.8. The molecular formula is C30H31NO3S. The van der Waals surface area contributed by atoms with Gasteiger partial charge >= 0.3 is 5.97 Å². The summed E-state index contributed by atoms with van der Waals surface area (Å²) in [6.45, 7) is 4.52. The second-order valence-electron chi connectivity index (χ2n) is 10.00. The van der Waals surface area contributed by atoms with E-state index >= 15 is 0 Å². The minimum atomic E-state index is -0.782. The average molecular weight is 486 g/mol. The number of ether oxygens (including phenoxy) is 1. The van der Waals surface area contributed by atoms with E-state index < -0.39 is 10.7 Å². The second kappa shape index (κ2) is 9.90. The number of thioether (sulfide) groups is 1. The van der Waals surface area contributed by atoms with Crippen LogP contribution in [-0.2, 0) is 24.2 Å². The number of benzene rings is 2. The third kappa shape index (κ3) is 5.46. The van der Waals surface area contributed by atoms with Gasteiger partial charge in [0.05, 0.1) is 17.4 Å². The molecule has 180 valence electrons. The fraction of sp³-hybridized carbons (Fsp3) is 0.333. The van der Waals surface area contributed by atoms with Crippen LogP contribution in [0.15, 0.2) is 54.6 Å². The van der Waals surface area contributed by atoms with Gasteiger partial charge in [-0.25, -0.2) is 0 Å². The van der Waals surface area contributed by atoms with Crippen LogP contribution < -0.4 is 4.74 Å². The summed E-state index contributed by atoms with van der Waals surface area (Å²) >= 11 is 1.69. The highest BCUT2D eigenvalue weighted by Crippen LogP contribution is 2.49. The van der Waals surface area contributed by atoms with E-state index in [4.69, 9.17) is 9.72 Å². The number of carbonyl (C=O) groups is 1. The fourth-order valence-corrected chi connectivity index (χ4v) is 6.49. The van der Waals surface area contributed by atoms with Crippen LogP contribution in [0.2, 0.25) is 0 Å². The molecular weight excluding hydrogens is 454 g/mol. The van der Waals surface area contributed by atoms with Crippen molar-refractivity contribution in [2.24, 2.45) is 0 Å². The Kier molecular flexibility index (Phi) is 6.70. The summed E-state index contributed by atoms with van der Waals surface area (Å²) in [5, 5.41) is 9.45. The van der Waals surface area contributed by atoms with Crippen molar-refractivity contribution >= 4 is 29.9 Å². The Morgan fingerprint density at radius 1 is 1.06 bits per heavy atom. The van der Waals surface area contributed by atoms with E-state index in [0.717, 1.165) is 41.0 Å². The highest BCUT2D eigenvalue weighted by Gasteiger charge is 2.32. The van der Waals surface area contributed by atoms with Gasteiger partial charge in [0.25, 0.3) is 0 Å². The largest absolute Gasteiger partial charge is 0.489 e. The summed E-state index contributed by atoms with van der Waals surface area (Å²) < 4.78 is 5.77. The zero-order chi connectivity index (χ0) is 24.4. The highest BCUT2D eigenvalue weighted by atomic mass is 32.2. The molecule has 0 bridgehead atoms. The molecule has 0 spiro atoms. The smallest absolute Gasteiger partial charge is 0.304 e. The van der Waals surface area contributed by atoms with Gasteiger partial charge in [-0.3, -0.25) is 9.78 Å². The van der Waals surface area contributed by atoms with Crippen molar-refractivity contribution in [1.82, 2.24) is 4.98 Å². The molecule has 2 aliphatic rings. The molecule has 1 unspecified atom stereocenters. The Labute approximate surface area is 211 Å². The molecule has 1 aromatic heterocycles.